The van der Waals surface area contributed by atoms with Gasteiger partial charge in [-0.05, 0) is 190 Å². The first kappa shape index (κ1) is 91.4. The van der Waals surface area contributed by atoms with Crippen LogP contribution in [0.1, 0.15) is 91.8 Å². The Morgan fingerprint density at radius 2 is 0.769 bits per heavy atom. The predicted octanol–water partition coefficient (Wildman–Crippen LogP) is 11.7. The normalized spacial score (nSPS) is 15.3. The van der Waals surface area contributed by atoms with E-state index in [4.69, 9.17) is 15.6 Å². The van der Waals surface area contributed by atoms with Crippen molar-refractivity contribution in [2.75, 3.05) is 211 Å². The topological polar surface area (TPSA) is 294 Å². The number of nitrogens with zero attached hydrogens (tertiary/aromatic N) is 14. The van der Waals surface area contributed by atoms with Crippen LogP contribution in [0.5, 0.6) is 0 Å². The molecule has 4 aromatic carbocycles. The summed E-state index contributed by atoms with van der Waals surface area (Å²) in [6, 6.07) is 49.5. The first-order chi connectivity index (χ1) is 55.8. The van der Waals surface area contributed by atoms with Crippen molar-refractivity contribution in [3.63, 3.8) is 0 Å². The molecule has 5 aromatic heterocycles. The molecule has 9 aromatic rings. The van der Waals surface area contributed by atoms with Gasteiger partial charge in [0.25, 0.3) is 0 Å². The molecule has 0 radical (unpaired) electrons. The number of hydrogen-bond acceptors (Lipinski definition) is 25. The highest BCUT2D eigenvalue weighted by atomic mass is 79.9. The number of carboxylic acids is 1. The number of aromatic nitrogens is 5. The molecule has 14 rings (SSSR count). The van der Waals surface area contributed by atoms with Crippen molar-refractivity contribution in [3.8, 4) is 22.3 Å². The van der Waals surface area contributed by atoms with Crippen molar-refractivity contribution in [1.29, 1.82) is 0 Å². The minimum atomic E-state index is -0.982. The highest BCUT2D eigenvalue weighted by molar-refractivity contribution is 9.10. The minimum Gasteiger partial charge on any atom is -0.477 e. The Balaban J connectivity index is 0.000000187. The Labute approximate surface area is 697 Å². The van der Waals surface area contributed by atoms with E-state index in [1.54, 1.807) is 55.1 Å². The Morgan fingerprint density at radius 1 is 0.427 bits per heavy atom. The molecular weight excluding hydrogens is 1550 g/mol. The summed E-state index contributed by atoms with van der Waals surface area (Å²) in [5.74, 6) is -1.93. The van der Waals surface area contributed by atoms with Gasteiger partial charge in [-0.3, -0.25) is 24.9 Å². The first-order valence-electron chi connectivity index (χ1n) is 39.0. The maximum atomic E-state index is 13.2. The van der Waals surface area contributed by atoms with Crippen molar-refractivity contribution in [3.05, 3.63) is 233 Å². The number of nitrogens with two attached hydrogens (primary N) is 1. The summed E-state index contributed by atoms with van der Waals surface area (Å²) in [5, 5.41) is 14.8. The van der Waals surface area contributed by atoms with Gasteiger partial charge in [-0.15, -0.1) is 0 Å². The third-order valence-corrected chi connectivity index (χ3v) is 20.4. The molecule has 1 amide bonds. The number of ketones is 2. The van der Waals surface area contributed by atoms with Gasteiger partial charge in [0.05, 0.1) is 61.8 Å². The highest BCUT2D eigenvalue weighted by Crippen LogP contribution is 2.30. The average molecular weight is 1660 g/mol. The van der Waals surface area contributed by atoms with Gasteiger partial charge in [-0.2, -0.15) is 0 Å². The van der Waals surface area contributed by atoms with E-state index in [1.165, 1.54) is 27.3 Å². The van der Waals surface area contributed by atoms with Crippen molar-refractivity contribution in [2.24, 2.45) is 0 Å². The lowest BCUT2D eigenvalue weighted by Crippen LogP contribution is -2.44. The molecule has 0 atom stereocenters. The summed E-state index contributed by atoms with van der Waals surface area (Å²) in [5.41, 5.74) is 18.2. The summed E-state index contributed by atoms with van der Waals surface area (Å²) in [7, 11) is 13.3. The molecule has 27 nitrogen and oxygen atoms in total. The zero-order chi connectivity index (χ0) is 83.1. The molecule has 28 heteroatoms. The predicted molar refractivity (Wildman–Crippen MR) is 469 cm³/mol. The van der Waals surface area contributed by atoms with Gasteiger partial charge in [0, 0.05) is 166 Å². The van der Waals surface area contributed by atoms with E-state index in [9.17, 15) is 28.8 Å². The highest BCUT2D eigenvalue weighted by Gasteiger charge is 2.24. The number of likely N-dealkylation sites (N-methyl/N-ethyl adjacent to an activating group) is 5. The Morgan fingerprint density at radius 3 is 1.10 bits per heavy atom. The van der Waals surface area contributed by atoms with Gasteiger partial charge in [0.15, 0.2) is 11.6 Å². The molecule has 0 aliphatic carbocycles. The molecule has 10 heterocycles. The van der Waals surface area contributed by atoms with Crippen molar-refractivity contribution < 1.29 is 48.1 Å². The van der Waals surface area contributed by atoms with E-state index < -0.39 is 29.6 Å². The number of benzene rings is 4. The van der Waals surface area contributed by atoms with Crippen molar-refractivity contribution in [2.45, 2.75) is 46.6 Å². The summed E-state index contributed by atoms with van der Waals surface area (Å²) in [6.45, 7) is 26.2. The smallest absolute Gasteiger partial charge is 0.412 e. The Kier molecular flexibility index (Phi) is 35.9. The second-order valence-corrected chi connectivity index (χ2v) is 30.7. The number of methoxy groups -OCH3 is 2. The number of amides is 1. The number of aromatic carboxylic acids is 1. The molecule has 5 fully saturated rings. The maximum Gasteiger partial charge on any atom is 0.412 e. The second kappa shape index (κ2) is 46.0. The number of ether oxygens (including phenoxy) is 3. The van der Waals surface area contributed by atoms with E-state index in [1.807, 2.05) is 142 Å². The molecule has 5 saturated heterocycles. The number of pyridine rings is 5. The summed E-state index contributed by atoms with van der Waals surface area (Å²) < 4.78 is 15.3. The molecule has 622 valence electrons. The number of piperazine rings is 5. The van der Waals surface area contributed by atoms with Crippen LogP contribution in [0.25, 0.3) is 22.3 Å². The Hall–Kier alpha value is -11.1. The number of carbonyl (C=O) groups is 6. The first-order valence-corrected chi connectivity index (χ1v) is 39.7. The van der Waals surface area contributed by atoms with Crippen molar-refractivity contribution >= 4 is 85.6 Å². The molecule has 5 aliphatic rings. The van der Waals surface area contributed by atoms with E-state index in [2.05, 4.69) is 152 Å². The van der Waals surface area contributed by atoms with Crippen LogP contribution < -0.4 is 36.0 Å². The van der Waals surface area contributed by atoms with Gasteiger partial charge in [-0.1, -0.05) is 80.2 Å². The number of nitrogens with one attached hydrogen (secondary N) is 2. The second-order valence-electron chi connectivity index (χ2n) is 29.8. The summed E-state index contributed by atoms with van der Waals surface area (Å²) >= 11 is 3.20. The van der Waals surface area contributed by atoms with Crippen molar-refractivity contribution in [1.82, 2.24) is 54.7 Å². The number of rotatable bonds is 16. The molecule has 0 unspecified atom stereocenters. The monoisotopic (exact) mass is 1660 g/mol. The van der Waals surface area contributed by atoms with E-state index >= 15 is 0 Å². The van der Waals surface area contributed by atoms with Crippen LogP contribution in [0.3, 0.4) is 0 Å². The van der Waals surface area contributed by atoms with Gasteiger partial charge in [-0.25, -0.2) is 34.1 Å². The molecule has 0 saturated carbocycles. The van der Waals surface area contributed by atoms with Crippen LogP contribution >= 0.6 is 15.9 Å². The van der Waals surface area contributed by atoms with E-state index in [-0.39, 0.29) is 37.5 Å². The number of nitrogen functional groups attached to an aromatic ring is 1. The van der Waals surface area contributed by atoms with Crippen LogP contribution in [0.4, 0.5) is 38.9 Å². The molecule has 5 N–H and O–H groups in total. The number of hydrogen-bond donors (Lipinski definition) is 4. The number of halogens is 1. The fourth-order valence-corrected chi connectivity index (χ4v) is 13.0. The number of carboxylic acid groups (broad SMARTS) is 1. The van der Waals surface area contributed by atoms with E-state index in [0.29, 0.717) is 39.7 Å². The zero-order valence-electron chi connectivity index (χ0n) is 68.3. The fraction of sp³-hybridized carbons (Fsp3) is 0.382. The fourth-order valence-electron chi connectivity index (χ4n) is 12.8. The number of carbonyl (C=O) groups excluding carboxylic acids is 5. The molecule has 117 heavy (non-hydrogen) atoms. The van der Waals surface area contributed by atoms with Crippen LogP contribution in [0, 0.1) is 0 Å². The molecule has 0 bridgehead atoms. The Bertz CT molecular complexity index is 4570. The third kappa shape index (κ3) is 29.5. The number of anilines is 6. The largest absolute Gasteiger partial charge is 0.477 e. The van der Waals surface area contributed by atoms with Crippen LogP contribution in [0.15, 0.2) is 193 Å². The summed E-state index contributed by atoms with van der Waals surface area (Å²) in [4.78, 5) is 113. The standard InChI is InChI=1S/C29H34N4O3.C24H26N4O.C12H17N3O2.C11H15N3O2.C7H6BrNO2.C5H12N2.CH4/c1-29(2,3)36-28(35)31-25-12-10-22(21-8-6-5-7-9-21)18-23(25)19-27(34)26-13-11-24(20-30-26)33-16-14-32(4)15-17-33;1-27-11-13-28(14-12-27)21-8-10-23(26-17-21)24(29)16-20-15-19(7-9-22(20)25)18-5-3-2-4-6-18;1-14-5-7-15(8-6-14)10-3-4-11(13-9-10)12(16)17-2;1-13-4-6-14(7-5-13)9-2-3-10(11(15)16)12-8-9;1-11-7(10)6-3-2-5(8)4-9-6;1-7-4-2-6-3-5-7;/h5-13,18,20H,14-17,19H2,1-4H3,(H,31,35);2-10,15,17H,11-14,16,25H2,1H3;3-4,9H,5-8H2,1-2H3;2-3,8H,4-7H2,1H3,(H,15,16);2-4H,1H3;6H,2-5H2,1H3;1H4. The van der Waals surface area contributed by atoms with E-state index in [0.717, 1.165) is 173 Å². The molecular formula is C89H114BrN17O10. The SMILES string of the molecule is C.CN1CCN(c2ccc(C(=O)Cc3cc(-c4ccccc4)ccc3N)nc2)CC1.CN1CCN(c2ccc(C(=O)Cc3cc(-c4ccccc4)ccc3NC(=O)OC(C)(C)C)nc2)CC1.CN1CCN(c2ccc(C(=O)O)nc2)CC1.CN1CCNCC1.COC(=O)c1ccc(Br)cn1.COC(=O)c1ccc(N2CCN(C)CC2)cn1. The maximum absolute atomic E-state index is 13.2. The van der Waals surface area contributed by atoms with Crippen LogP contribution in [-0.4, -0.2) is 276 Å². The lowest BCUT2D eigenvalue weighted by atomic mass is 9.98. The quantitative estimate of drug-likeness (QED) is 0.0302. The zero-order valence-corrected chi connectivity index (χ0v) is 69.9. The molecule has 0 spiro atoms. The third-order valence-electron chi connectivity index (χ3n) is 19.9. The van der Waals surface area contributed by atoms with Gasteiger partial charge >= 0.3 is 24.0 Å². The number of esters is 2. The molecule has 5 aliphatic heterocycles. The lowest BCUT2D eigenvalue weighted by molar-refractivity contribution is 0.0585. The summed E-state index contributed by atoms with van der Waals surface area (Å²) in [6.07, 6.45) is 8.29. The van der Waals surface area contributed by atoms with Gasteiger partial charge in [0.1, 0.15) is 34.1 Å². The lowest BCUT2D eigenvalue weighted by Gasteiger charge is -2.33. The van der Waals surface area contributed by atoms with Crippen LogP contribution in [-0.2, 0) is 27.1 Å². The van der Waals surface area contributed by atoms with Gasteiger partial charge in [0.2, 0.25) is 0 Å². The van der Waals surface area contributed by atoms with Gasteiger partial charge < -0.3 is 74.5 Å². The number of Topliss-reactive ketones (excluding diaryl/α,β-unsaturated/α-hetero) is 2. The van der Waals surface area contributed by atoms with Crippen LogP contribution in [0.2, 0.25) is 0 Å². The minimum absolute atomic E-state index is 0. The average Bonchev–Trinajstić information content (AvgIpc) is 0.825.